The van der Waals surface area contributed by atoms with Gasteiger partial charge in [0.15, 0.2) is 11.5 Å². The Kier molecular flexibility index (Phi) is 4.71. The van der Waals surface area contributed by atoms with Crippen LogP contribution in [0.5, 0.6) is 11.5 Å². The average Bonchev–Trinajstić information content (AvgIpc) is 3.12. The van der Waals surface area contributed by atoms with Crippen LogP contribution in [0.1, 0.15) is 41.3 Å². The molecule has 1 fully saturated rings. The largest absolute Gasteiger partial charge is 0.493 e. The first kappa shape index (κ1) is 19.7. The van der Waals surface area contributed by atoms with E-state index in [0.717, 1.165) is 31.0 Å². The number of ether oxygens (including phenoxy) is 3. The van der Waals surface area contributed by atoms with Gasteiger partial charge in [-0.3, -0.25) is 0 Å². The van der Waals surface area contributed by atoms with Gasteiger partial charge in [-0.2, -0.15) is 0 Å². The lowest BCUT2D eigenvalue weighted by Gasteiger charge is -2.34. The maximum atomic E-state index is 12.9. The minimum atomic E-state index is -0.370. The quantitative estimate of drug-likeness (QED) is 0.677. The van der Waals surface area contributed by atoms with Crippen molar-refractivity contribution in [2.45, 2.75) is 43.9 Å². The summed E-state index contributed by atoms with van der Waals surface area (Å²) in [6.07, 6.45) is 1.36. The van der Waals surface area contributed by atoms with E-state index in [1.165, 1.54) is 11.1 Å². The van der Waals surface area contributed by atoms with E-state index in [4.69, 9.17) is 25.8 Å². The third kappa shape index (κ3) is 2.75. The normalized spacial score (nSPS) is 29.5. The number of benzene rings is 2. The lowest BCUT2D eigenvalue weighted by Crippen LogP contribution is -2.40. The summed E-state index contributed by atoms with van der Waals surface area (Å²) < 4.78 is 18.1. The maximum absolute atomic E-state index is 12.9. The number of hydrogen-bond donors (Lipinski definition) is 0. The Labute approximate surface area is 181 Å². The Morgan fingerprint density at radius 1 is 1.27 bits per heavy atom. The van der Waals surface area contributed by atoms with Crippen molar-refractivity contribution < 1.29 is 19.0 Å². The van der Waals surface area contributed by atoms with Gasteiger partial charge in [0.1, 0.15) is 12.2 Å². The second kappa shape index (κ2) is 7.17. The highest BCUT2D eigenvalue weighted by molar-refractivity contribution is 6.33. The summed E-state index contributed by atoms with van der Waals surface area (Å²) >= 11 is 6.21. The molecule has 1 aliphatic carbocycles. The molecule has 2 unspecified atom stereocenters. The molecule has 30 heavy (non-hydrogen) atoms. The van der Waals surface area contributed by atoms with Crippen LogP contribution in [0.3, 0.4) is 0 Å². The molecule has 5 nitrogen and oxygen atoms in total. The van der Waals surface area contributed by atoms with Crippen LogP contribution in [0, 0.1) is 5.92 Å². The van der Waals surface area contributed by atoms with E-state index in [-0.39, 0.29) is 29.5 Å². The van der Waals surface area contributed by atoms with E-state index in [1.54, 1.807) is 25.3 Å². The van der Waals surface area contributed by atoms with E-state index in [1.807, 2.05) is 12.1 Å². The molecule has 0 bridgehead atoms. The van der Waals surface area contributed by atoms with Gasteiger partial charge in [-0.15, -0.1) is 0 Å². The predicted octanol–water partition coefficient (Wildman–Crippen LogP) is 4.45. The molecule has 3 aliphatic rings. The van der Waals surface area contributed by atoms with E-state index in [2.05, 4.69) is 24.9 Å². The first-order valence-electron chi connectivity index (χ1n) is 10.5. The summed E-state index contributed by atoms with van der Waals surface area (Å²) in [5.41, 5.74) is 2.75. The van der Waals surface area contributed by atoms with Crippen molar-refractivity contribution in [2.75, 3.05) is 20.7 Å². The van der Waals surface area contributed by atoms with E-state index in [9.17, 15) is 4.79 Å². The maximum Gasteiger partial charge on any atom is 0.339 e. The lowest BCUT2D eigenvalue weighted by atomic mass is 9.69. The third-order valence-electron chi connectivity index (χ3n) is 7.24. The van der Waals surface area contributed by atoms with Crippen LogP contribution >= 0.6 is 11.6 Å². The Hall–Kier alpha value is -2.24. The SMILES string of the molecule is COc1ccc2c3c1OC1C[C@@H](OC(=O)c4ccccc4Cl)C(C)[C@@]31CCN(C)C2. The highest BCUT2D eigenvalue weighted by atomic mass is 35.5. The molecule has 1 spiro atoms. The Morgan fingerprint density at radius 3 is 2.83 bits per heavy atom. The number of esters is 1. The van der Waals surface area contributed by atoms with Crippen LogP contribution in [0.2, 0.25) is 5.02 Å². The molecular formula is C24H26ClNO4. The molecule has 2 aliphatic heterocycles. The van der Waals surface area contributed by atoms with Gasteiger partial charge in [-0.25, -0.2) is 4.79 Å². The molecule has 5 rings (SSSR count). The molecule has 6 heteroatoms. The highest BCUT2D eigenvalue weighted by Crippen LogP contribution is 2.61. The van der Waals surface area contributed by atoms with Crippen LogP contribution in [0.25, 0.3) is 0 Å². The van der Waals surface area contributed by atoms with Gasteiger partial charge < -0.3 is 19.1 Å². The van der Waals surface area contributed by atoms with Gasteiger partial charge >= 0.3 is 5.97 Å². The summed E-state index contributed by atoms with van der Waals surface area (Å²) in [5.74, 6) is 1.40. The van der Waals surface area contributed by atoms with Crippen molar-refractivity contribution in [1.82, 2.24) is 4.90 Å². The van der Waals surface area contributed by atoms with Crippen molar-refractivity contribution in [3.05, 3.63) is 58.1 Å². The first-order valence-corrected chi connectivity index (χ1v) is 10.8. The van der Waals surface area contributed by atoms with Crippen LogP contribution in [-0.2, 0) is 16.7 Å². The van der Waals surface area contributed by atoms with Crippen LogP contribution < -0.4 is 9.47 Å². The number of nitrogens with zero attached hydrogens (tertiary/aromatic N) is 1. The van der Waals surface area contributed by atoms with Crippen molar-refractivity contribution >= 4 is 17.6 Å². The number of hydrogen-bond acceptors (Lipinski definition) is 5. The first-order chi connectivity index (χ1) is 14.5. The van der Waals surface area contributed by atoms with Crippen LogP contribution in [0.4, 0.5) is 0 Å². The predicted molar refractivity (Wildman–Crippen MR) is 114 cm³/mol. The van der Waals surface area contributed by atoms with Crippen LogP contribution in [0.15, 0.2) is 36.4 Å². The van der Waals surface area contributed by atoms with Crippen molar-refractivity contribution in [2.24, 2.45) is 5.92 Å². The topological polar surface area (TPSA) is 48.0 Å². The number of carbonyl (C=O) groups excluding carboxylic acids is 1. The highest BCUT2D eigenvalue weighted by Gasteiger charge is 2.62. The fraction of sp³-hybridized carbons (Fsp3) is 0.458. The van der Waals surface area contributed by atoms with Gasteiger partial charge in [0.2, 0.25) is 0 Å². The number of halogens is 1. The zero-order chi connectivity index (χ0) is 21.0. The summed E-state index contributed by atoms with van der Waals surface area (Å²) in [5, 5.41) is 0.413. The number of carbonyl (C=O) groups is 1. The van der Waals surface area contributed by atoms with Gasteiger partial charge in [0.25, 0.3) is 0 Å². The van der Waals surface area contributed by atoms with Gasteiger partial charge in [-0.1, -0.05) is 36.7 Å². The zero-order valence-corrected chi connectivity index (χ0v) is 18.2. The monoisotopic (exact) mass is 427 g/mol. The van der Waals surface area contributed by atoms with Crippen molar-refractivity contribution in [3.63, 3.8) is 0 Å². The summed E-state index contributed by atoms with van der Waals surface area (Å²) in [6.45, 7) is 4.03. The molecule has 0 amide bonds. The molecule has 158 valence electrons. The number of methoxy groups -OCH3 is 1. The van der Waals surface area contributed by atoms with Crippen molar-refractivity contribution in [1.29, 1.82) is 0 Å². The van der Waals surface area contributed by atoms with E-state index in [0.29, 0.717) is 17.0 Å². The molecule has 4 atom stereocenters. The van der Waals surface area contributed by atoms with Gasteiger partial charge in [0, 0.05) is 29.9 Å². The standard InChI is InChI=1S/C24H26ClNO4/c1-14-19(29-23(27)16-6-4-5-7-17(16)25)12-20-24(14)10-11-26(2)13-15-8-9-18(28-3)22(30-20)21(15)24/h4-9,14,19-20H,10-13H2,1-3H3/t14?,19-,20?,24-/m1/s1. The van der Waals surface area contributed by atoms with Gasteiger partial charge in [-0.05, 0) is 43.8 Å². The zero-order valence-electron chi connectivity index (χ0n) is 17.5. The third-order valence-corrected chi connectivity index (χ3v) is 7.57. The minimum Gasteiger partial charge on any atom is -0.493 e. The Balaban J connectivity index is 1.52. The summed E-state index contributed by atoms with van der Waals surface area (Å²) in [7, 11) is 3.83. The van der Waals surface area contributed by atoms with Gasteiger partial charge in [0.05, 0.1) is 17.7 Å². The fourth-order valence-corrected chi connectivity index (χ4v) is 5.91. The molecular weight excluding hydrogens is 402 g/mol. The number of rotatable bonds is 3. The summed E-state index contributed by atoms with van der Waals surface area (Å²) in [4.78, 5) is 15.2. The fourth-order valence-electron chi connectivity index (χ4n) is 5.70. The molecule has 0 saturated heterocycles. The molecule has 2 heterocycles. The molecule has 0 radical (unpaired) electrons. The molecule has 0 N–H and O–H groups in total. The molecule has 1 saturated carbocycles. The average molecular weight is 428 g/mol. The Bertz CT molecular complexity index is 1010. The lowest BCUT2D eigenvalue weighted by molar-refractivity contribution is 0.0174. The Morgan fingerprint density at radius 2 is 2.07 bits per heavy atom. The molecule has 2 aromatic carbocycles. The van der Waals surface area contributed by atoms with Crippen LogP contribution in [-0.4, -0.2) is 43.8 Å². The van der Waals surface area contributed by atoms with Crippen molar-refractivity contribution in [3.8, 4) is 11.5 Å². The van der Waals surface area contributed by atoms with E-state index >= 15 is 0 Å². The smallest absolute Gasteiger partial charge is 0.339 e. The molecule has 0 aromatic heterocycles. The second-order valence-corrected chi connectivity index (χ2v) is 9.12. The second-order valence-electron chi connectivity index (χ2n) is 8.71. The van der Waals surface area contributed by atoms with E-state index < -0.39 is 0 Å². The molecule has 2 aromatic rings. The summed E-state index contributed by atoms with van der Waals surface area (Å²) in [6, 6.07) is 11.2. The minimum absolute atomic E-state index is 0.0342.